The molecule has 1 aliphatic heterocycles. The molecule has 4 rings (SSSR count). The fourth-order valence-electron chi connectivity index (χ4n) is 3.09. The van der Waals surface area contributed by atoms with Gasteiger partial charge in [0.05, 0.1) is 17.0 Å². The van der Waals surface area contributed by atoms with Gasteiger partial charge in [-0.05, 0) is 31.5 Å². The number of carboxylic acid groups (broad SMARTS) is 1. The van der Waals surface area contributed by atoms with Gasteiger partial charge in [-0.25, -0.2) is 4.98 Å². The number of nitrogens with zero attached hydrogens (tertiary/aromatic N) is 4. The molecule has 0 aliphatic carbocycles. The molecule has 0 bridgehead atoms. The number of hydrogen-bond acceptors (Lipinski definition) is 7. The Hall–Kier alpha value is -3.34. The Morgan fingerprint density at radius 3 is 2.86 bits per heavy atom. The molecule has 29 heavy (non-hydrogen) atoms. The predicted molar refractivity (Wildman–Crippen MR) is 106 cm³/mol. The first-order valence-corrected chi connectivity index (χ1v) is 9.64. The summed E-state index contributed by atoms with van der Waals surface area (Å²) in [7, 11) is 0. The number of H-pyrrole nitrogens is 1. The van der Waals surface area contributed by atoms with Crippen molar-refractivity contribution < 1.29 is 19.5 Å². The predicted octanol–water partition coefficient (Wildman–Crippen LogP) is 1.40. The number of amides is 2. The van der Waals surface area contributed by atoms with Gasteiger partial charge in [0.1, 0.15) is 10.8 Å². The van der Waals surface area contributed by atoms with Gasteiger partial charge in [-0.1, -0.05) is 17.4 Å². The molecule has 152 valence electrons. The molecule has 2 amide bonds. The van der Waals surface area contributed by atoms with Gasteiger partial charge in [0, 0.05) is 19.5 Å². The highest BCUT2D eigenvalue weighted by Gasteiger charge is 2.36. The topological polar surface area (TPSA) is 141 Å². The van der Waals surface area contributed by atoms with Gasteiger partial charge < -0.3 is 15.4 Å². The van der Waals surface area contributed by atoms with Crippen molar-refractivity contribution in [3.8, 4) is 0 Å². The fourth-order valence-corrected chi connectivity index (χ4v) is 3.81. The van der Waals surface area contributed by atoms with E-state index in [9.17, 15) is 9.59 Å². The van der Waals surface area contributed by atoms with E-state index >= 15 is 0 Å². The van der Waals surface area contributed by atoms with Crippen molar-refractivity contribution in [1.29, 1.82) is 0 Å². The summed E-state index contributed by atoms with van der Waals surface area (Å²) in [6, 6.07) is 5.85. The fraction of sp³-hybridized carbons (Fsp3) is 0.333. The van der Waals surface area contributed by atoms with E-state index in [2.05, 4.69) is 25.5 Å². The third kappa shape index (κ3) is 4.74. The van der Waals surface area contributed by atoms with E-state index < -0.39 is 0 Å². The molecule has 0 saturated carbocycles. The first kappa shape index (κ1) is 20.4. The lowest BCUT2D eigenvalue weighted by Gasteiger charge is -2.12. The molecule has 3 heterocycles. The van der Waals surface area contributed by atoms with Crippen LogP contribution in [0.15, 0.2) is 18.2 Å². The molecular weight excluding hydrogens is 396 g/mol. The summed E-state index contributed by atoms with van der Waals surface area (Å²) < 4.78 is 0. The quantitative estimate of drug-likeness (QED) is 0.546. The van der Waals surface area contributed by atoms with E-state index in [1.165, 1.54) is 11.3 Å². The number of benzene rings is 1. The van der Waals surface area contributed by atoms with Crippen molar-refractivity contribution in [3.05, 3.63) is 34.6 Å². The highest BCUT2D eigenvalue weighted by Crippen LogP contribution is 2.27. The second-order valence-electron chi connectivity index (χ2n) is 6.51. The zero-order chi connectivity index (χ0) is 21.0. The standard InChI is InChI=1S/C17H18N6O2S.CH2O2/c1-9-19-13-4-3-11(5-14(13)20-9)7-18-16(25)12-6-15(24)23(8-12)17-22-21-10(2)26-17;2-1-3/h3-5,12H,6-8H2,1-2H3,(H,18,25)(H,19,20);1H,(H,2,3). The maximum atomic E-state index is 12.5. The lowest BCUT2D eigenvalue weighted by Crippen LogP contribution is -2.32. The second kappa shape index (κ2) is 8.78. The Morgan fingerprint density at radius 2 is 2.17 bits per heavy atom. The highest BCUT2D eigenvalue weighted by atomic mass is 32.1. The molecule has 1 fully saturated rings. The van der Waals surface area contributed by atoms with Gasteiger partial charge in [0.2, 0.25) is 16.9 Å². The second-order valence-corrected chi connectivity index (χ2v) is 7.67. The maximum Gasteiger partial charge on any atom is 0.290 e. The molecule has 3 N–H and O–H groups in total. The lowest BCUT2D eigenvalue weighted by molar-refractivity contribution is -0.126. The summed E-state index contributed by atoms with van der Waals surface area (Å²) in [6.07, 6.45) is 0.198. The van der Waals surface area contributed by atoms with Crippen molar-refractivity contribution in [3.63, 3.8) is 0 Å². The number of carbonyl (C=O) groups is 3. The van der Waals surface area contributed by atoms with Gasteiger partial charge in [0.15, 0.2) is 0 Å². The van der Waals surface area contributed by atoms with Crippen LogP contribution in [0.2, 0.25) is 0 Å². The number of aromatic nitrogens is 4. The third-order valence-corrected chi connectivity index (χ3v) is 5.24. The first-order chi connectivity index (χ1) is 13.9. The molecule has 0 radical (unpaired) electrons. The zero-order valence-electron chi connectivity index (χ0n) is 15.9. The van der Waals surface area contributed by atoms with E-state index in [-0.39, 0.29) is 30.6 Å². The van der Waals surface area contributed by atoms with Crippen molar-refractivity contribution >= 4 is 45.8 Å². The van der Waals surface area contributed by atoms with Crippen molar-refractivity contribution in [2.24, 2.45) is 5.92 Å². The molecule has 10 nitrogen and oxygen atoms in total. The molecule has 1 aliphatic rings. The van der Waals surface area contributed by atoms with Gasteiger partial charge in [0.25, 0.3) is 6.47 Å². The van der Waals surface area contributed by atoms with Gasteiger partial charge >= 0.3 is 0 Å². The van der Waals surface area contributed by atoms with E-state index in [1.807, 2.05) is 32.0 Å². The largest absolute Gasteiger partial charge is 0.483 e. The van der Waals surface area contributed by atoms with Gasteiger partial charge in [-0.15, -0.1) is 10.2 Å². The molecule has 0 spiro atoms. The van der Waals surface area contributed by atoms with Crippen LogP contribution in [0.4, 0.5) is 5.13 Å². The highest BCUT2D eigenvalue weighted by molar-refractivity contribution is 7.15. The van der Waals surface area contributed by atoms with Crippen LogP contribution < -0.4 is 10.2 Å². The average molecular weight is 416 g/mol. The van der Waals surface area contributed by atoms with Gasteiger partial charge in [-0.2, -0.15) is 0 Å². The van der Waals surface area contributed by atoms with Gasteiger partial charge in [-0.3, -0.25) is 19.3 Å². The molecular formula is C18H20N6O4S. The van der Waals surface area contributed by atoms with Crippen molar-refractivity contribution in [2.75, 3.05) is 11.4 Å². The van der Waals surface area contributed by atoms with E-state index in [0.29, 0.717) is 18.2 Å². The van der Waals surface area contributed by atoms with E-state index in [1.54, 1.807) is 4.90 Å². The Balaban J connectivity index is 0.000000755. The SMILES string of the molecule is Cc1nc2ccc(CNC(=O)C3CC(=O)N(c4nnc(C)s4)C3)cc2[nH]1.O=CO. The van der Waals surface area contributed by atoms with Crippen LogP contribution in [0.5, 0.6) is 0 Å². The smallest absolute Gasteiger partial charge is 0.290 e. The summed E-state index contributed by atoms with van der Waals surface area (Å²) >= 11 is 1.36. The minimum Gasteiger partial charge on any atom is -0.483 e. The zero-order valence-corrected chi connectivity index (χ0v) is 16.7. The summed E-state index contributed by atoms with van der Waals surface area (Å²) in [5.41, 5.74) is 2.83. The number of rotatable bonds is 4. The van der Waals surface area contributed by atoms with Crippen LogP contribution >= 0.6 is 11.3 Å². The Kier molecular flexibility index (Phi) is 6.17. The van der Waals surface area contributed by atoms with Crippen LogP contribution in [0.3, 0.4) is 0 Å². The Morgan fingerprint density at radius 1 is 1.41 bits per heavy atom. The maximum absolute atomic E-state index is 12.5. The van der Waals surface area contributed by atoms with Crippen LogP contribution in [0.25, 0.3) is 11.0 Å². The Bertz CT molecular complexity index is 1050. The van der Waals surface area contributed by atoms with Crippen LogP contribution in [-0.2, 0) is 20.9 Å². The van der Waals surface area contributed by atoms with E-state index in [0.717, 1.165) is 27.4 Å². The summed E-state index contributed by atoms with van der Waals surface area (Å²) in [5, 5.41) is 19.1. The molecule has 2 aromatic heterocycles. The molecule has 1 unspecified atom stereocenters. The number of imidazole rings is 1. The summed E-state index contributed by atoms with van der Waals surface area (Å²) in [5.74, 6) is 0.279. The van der Waals surface area contributed by atoms with Crippen LogP contribution in [0, 0.1) is 19.8 Å². The number of carbonyl (C=O) groups excluding carboxylic acids is 2. The number of fused-ring (bicyclic) bond motifs is 1. The number of hydrogen-bond donors (Lipinski definition) is 3. The lowest BCUT2D eigenvalue weighted by atomic mass is 10.1. The summed E-state index contributed by atoms with van der Waals surface area (Å²) in [4.78, 5) is 42.1. The average Bonchev–Trinajstić information content (AvgIpc) is 3.37. The molecule has 3 aromatic rings. The molecule has 1 aromatic carbocycles. The first-order valence-electron chi connectivity index (χ1n) is 8.82. The minimum absolute atomic E-state index is 0.0874. The molecule has 11 heteroatoms. The van der Waals surface area contributed by atoms with Crippen LogP contribution in [-0.4, -0.2) is 50.1 Å². The Labute approximate surface area is 170 Å². The third-order valence-electron chi connectivity index (χ3n) is 4.37. The normalized spacial score (nSPS) is 15.9. The minimum atomic E-state index is -0.371. The van der Waals surface area contributed by atoms with Crippen molar-refractivity contribution in [1.82, 2.24) is 25.5 Å². The van der Waals surface area contributed by atoms with Crippen LogP contribution in [0.1, 0.15) is 22.8 Å². The summed E-state index contributed by atoms with van der Waals surface area (Å²) in [6.45, 7) is 4.25. The number of anilines is 1. The number of aromatic amines is 1. The number of nitrogens with one attached hydrogen (secondary N) is 2. The monoisotopic (exact) mass is 416 g/mol. The molecule has 1 atom stereocenters. The number of aryl methyl sites for hydroxylation is 2. The molecule has 1 saturated heterocycles. The van der Waals surface area contributed by atoms with Crippen molar-refractivity contribution in [2.45, 2.75) is 26.8 Å². The van der Waals surface area contributed by atoms with E-state index in [4.69, 9.17) is 9.90 Å².